The van der Waals surface area contributed by atoms with Gasteiger partial charge in [0.05, 0.1) is 12.0 Å². The second kappa shape index (κ2) is 11.3. The van der Waals surface area contributed by atoms with Crippen LogP contribution in [0.15, 0.2) is 11.6 Å². The first-order valence-corrected chi connectivity index (χ1v) is 15.6. The molecule has 0 amide bonds. The first-order chi connectivity index (χ1) is 17.4. The maximum atomic E-state index is 12.5. The number of rotatable bonds is 10. The van der Waals surface area contributed by atoms with Gasteiger partial charge in [0.2, 0.25) is 0 Å². The van der Waals surface area contributed by atoms with E-state index in [4.69, 9.17) is 9.84 Å². The van der Waals surface area contributed by atoms with Crippen LogP contribution < -0.4 is 0 Å². The molecule has 212 valence electrons. The molecule has 0 radical (unpaired) electrons. The maximum absolute atomic E-state index is 12.5. The molecule has 0 aromatic heterocycles. The van der Waals surface area contributed by atoms with E-state index in [1.54, 1.807) is 6.92 Å². The lowest BCUT2D eigenvalue weighted by atomic mass is 9.47. The van der Waals surface area contributed by atoms with Gasteiger partial charge >= 0.3 is 5.97 Å². The summed E-state index contributed by atoms with van der Waals surface area (Å²) in [5.74, 6) is 4.66. The molecule has 4 nitrogen and oxygen atoms in total. The smallest absolute Gasteiger partial charge is 0.308 e. The van der Waals surface area contributed by atoms with Crippen LogP contribution >= 0.6 is 0 Å². The van der Waals surface area contributed by atoms with E-state index in [0.717, 1.165) is 54.8 Å². The summed E-state index contributed by atoms with van der Waals surface area (Å²) in [5.41, 5.74) is 1.08. The molecule has 2 N–H and O–H groups in total. The number of ether oxygens (including phenoxy) is 1. The monoisotopic (exact) mass is 516 g/mol. The van der Waals surface area contributed by atoms with Gasteiger partial charge < -0.3 is 14.9 Å². The summed E-state index contributed by atoms with van der Waals surface area (Å²) < 4.78 is 5.85. The molecule has 3 fully saturated rings. The molecule has 4 aliphatic rings. The second-order valence-electron chi connectivity index (χ2n) is 14.8. The average molecular weight is 517 g/mol. The van der Waals surface area contributed by atoms with Gasteiger partial charge in [-0.25, -0.2) is 0 Å². The van der Waals surface area contributed by atoms with Crippen LogP contribution in [0.1, 0.15) is 125 Å². The fourth-order valence-corrected chi connectivity index (χ4v) is 9.62. The van der Waals surface area contributed by atoms with Gasteiger partial charge in [0.15, 0.2) is 0 Å². The minimum Gasteiger partial charge on any atom is -0.462 e. The van der Waals surface area contributed by atoms with E-state index in [1.165, 1.54) is 56.9 Å². The highest BCUT2D eigenvalue weighted by Crippen LogP contribution is 2.67. The Hall–Kier alpha value is -0.870. The lowest BCUT2D eigenvalue weighted by Crippen LogP contribution is -2.51. The molecule has 0 aliphatic heterocycles. The Morgan fingerprint density at radius 1 is 1.11 bits per heavy atom. The van der Waals surface area contributed by atoms with Gasteiger partial charge in [-0.1, -0.05) is 65.5 Å². The number of aliphatic hydroxyl groups excluding tert-OH is 1. The van der Waals surface area contributed by atoms with Crippen molar-refractivity contribution in [1.29, 1.82) is 0 Å². The molecule has 4 rings (SSSR count). The highest BCUT2D eigenvalue weighted by atomic mass is 16.5. The van der Waals surface area contributed by atoms with Crippen molar-refractivity contribution in [2.24, 2.45) is 46.3 Å². The number of carbonyl (C=O) groups excluding carboxylic acids is 1. The van der Waals surface area contributed by atoms with Crippen molar-refractivity contribution in [3.8, 4) is 0 Å². The first kappa shape index (κ1) is 29.1. The largest absolute Gasteiger partial charge is 0.462 e. The van der Waals surface area contributed by atoms with Crippen molar-refractivity contribution in [3.63, 3.8) is 0 Å². The van der Waals surface area contributed by atoms with E-state index in [0.29, 0.717) is 5.41 Å². The Kier molecular flexibility index (Phi) is 8.91. The molecular weight excluding hydrogens is 460 g/mol. The van der Waals surface area contributed by atoms with Gasteiger partial charge in [-0.05, 0) is 105 Å². The van der Waals surface area contributed by atoms with Crippen molar-refractivity contribution in [3.05, 3.63) is 11.6 Å². The summed E-state index contributed by atoms with van der Waals surface area (Å²) in [5, 5.41) is 19.4. The van der Waals surface area contributed by atoms with Gasteiger partial charge in [0.1, 0.15) is 6.10 Å². The van der Waals surface area contributed by atoms with E-state index in [1.807, 2.05) is 0 Å². The highest BCUT2D eigenvalue weighted by Gasteiger charge is 2.59. The summed E-state index contributed by atoms with van der Waals surface area (Å²) in [4.78, 5) is 12.5. The number of hydrogen-bond donors (Lipinski definition) is 2. The van der Waals surface area contributed by atoms with Crippen LogP contribution in [0.25, 0.3) is 0 Å². The molecule has 0 bridgehead atoms. The topological polar surface area (TPSA) is 66.8 Å². The predicted molar refractivity (Wildman–Crippen MR) is 150 cm³/mol. The predicted octanol–water partition coefficient (Wildman–Crippen LogP) is 7.46. The van der Waals surface area contributed by atoms with Gasteiger partial charge in [0, 0.05) is 13.0 Å². The summed E-state index contributed by atoms with van der Waals surface area (Å²) in [6, 6.07) is 0. The van der Waals surface area contributed by atoms with Crippen LogP contribution in [-0.4, -0.2) is 34.5 Å². The van der Waals surface area contributed by atoms with Gasteiger partial charge in [-0.2, -0.15) is 0 Å². The number of esters is 1. The Labute approximate surface area is 227 Å². The van der Waals surface area contributed by atoms with Crippen molar-refractivity contribution in [2.45, 2.75) is 137 Å². The molecular formula is C33H56O4. The minimum atomic E-state index is -1.20. The normalized spacial score (nSPS) is 39.7. The number of aliphatic hydroxyl groups is 2. The van der Waals surface area contributed by atoms with Gasteiger partial charge in [-0.3, -0.25) is 4.79 Å². The molecule has 0 heterocycles. The van der Waals surface area contributed by atoms with Crippen molar-refractivity contribution < 1.29 is 19.7 Å². The third-order valence-electron chi connectivity index (χ3n) is 11.7. The maximum Gasteiger partial charge on any atom is 0.308 e. The highest BCUT2D eigenvalue weighted by molar-refractivity contribution is 5.70. The van der Waals surface area contributed by atoms with Crippen LogP contribution in [0, 0.1) is 46.3 Å². The van der Waals surface area contributed by atoms with E-state index in [-0.39, 0.29) is 36.9 Å². The Morgan fingerprint density at radius 3 is 2.57 bits per heavy atom. The van der Waals surface area contributed by atoms with E-state index in [2.05, 4.69) is 40.7 Å². The van der Waals surface area contributed by atoms with Gasteiger partial charge in [0.25, 0.3) is 0 Å². The molecule has 3 saturated carbocycles. The summed E-state index contributed by atoms with van der Waals surface area (Å²) >= 11 is 0. The van der Waals surface area contributed by atoms with Crippen molar-refractivity contribution >= 4 is 5.97 Å². The van der Waals surface area contributed by atoms with Crippen LogP contribution in [0.5, 0.6) is 0 Å². The zero-order valence-electron chi connectivity index (χ0n) is 24.7. The molecule has 0 saturated heterocycles. The molecule has 0 aromatic carbocycles. The standard InChI is InChI=1S/C33H56O4/c1-22(2)8-7-9-23(3)27-12-13-28-26-11-10-24-20-25(37-30(35)21-31(4,36)18-19-34)14-16-32(24,5)29(26)15-17-33(27,28)6/h10,22-23,25-29,34,36H,7-9,11-21H2,1-6H3/t23-,25?,26+,27-,28+,29+,31?,32+,33-/m1/s1. The van der Waals surface area contributed by atoms with E-state index >= 15 is 0 Å². The van der Waals surface area contributed by atoms with E-state index < -0.39 is 5.60 Å². The average Bonchev–Trinajstić information content (AvgIpc) is 3.16. The van der Waals surface area contributed by atoms with Crippen LogP contribution in [0.3, 0.4) is 0 Å². The van der Waals surface area contributed by atoms with E-state index in [9.17, 15) is 9.90 Å². The van der Waals surface area contributed by atoms with Crippen LogP contribution in [0.2, 0.25) is 0 Å². The second-order valence-corrected chi connectivity index (χ2v) is 14.8. The molecule has 0 aromatic rings. The minimum absolute atomic E-state index is 0.0532. The SMILES string of the molecule is CC(C)CCC[C@@H](C)[C@H]1CC[C@H]2[C@@H]3CC=C4CC(OC(=O)CC(C)(O)CCO)CC[C@]4(C)[C@H]3CC[C@]12C. The Morgan fingerprint density at radius 2 is 1.86 bits per heavy atom. The van der Waals surface area contributed by atoms with Crippen molar-refractivity contribution in [1.82, 2.24) is 0 Å². The van der Waals surface area contributed by atoms with Crippen LogP contribution in [0.4, 0.5) is 0 Å². The molecule has 37 heavy (non-hydrogen) atoms. The van der Waals surface area contributed by atoms with Gasteiger partial charge in [-0.15, -0.1) is 0 Å². The Balaban J connectivity index is 1.39. The zero-order chi connectivity index (χ0) is 27.0. The Bertz CT molecular complexity index is 830. The third-order valence-corrected chi connectivity index (χ3v) is 11.7. The summed E-state index contributed by atoms with van der Waals surface area (Å²) in [6.45, 7) is 13.9. The number of fused-ring (bicyclic) bond motifs is 5. The fraction of sp³-hybridized carbons (Fsp3) is 0.909. The summed E-state index contributed by atoms with van der Waals surface area (Å²) in [7, 11) is 0. The fourth-order valence-electron chi connectivity index (χ4n) is 9.62. The first-order valence-electron chi connectivity index (χ1n) is 15.6. The van der Waals surface area contributed by atoms with Crippen molar-refractivity contribution in [2.75, 3.05) is 6.61 Å². The molecule has 0 spiro atoms. The molecule has 4 heteroatoms. The number of allylic oxidation sites excluding steroid dienone is 1. The molecule has 2 unspecified atom stereocenters. The van der Waals surface area contributed by atoms with Crippen LogP contribution in [-0.2, 0) is 9.53 Å². The lowest BCUT2D eigenvalue weighted by Gasteiger charge is -2.58. The lowest BCUT2D eigenvalue weighted by molar-refractivity contribution is -0.156. The number of hydrogen-bond acceptors (Lipinski definition) is 4. The molecule has 4 aliphatic carbocycles. The summed E-state index contributed by atoms with van der Waals surface area (Å²) in [6.07, 6.45) is 16.4. The quantitative estimate of drug-likeness (QED) is 0.233. The zero-order valence-corrected chi connectivity index (χ0v) is 24.7. The third kappa shape index (κ3) is 6.01. The number of carbonyl (C=O) groups is 1. The molecule has 9 atom stereocenters.